The average molecular weight is 350 g/mol. The summed E-state index contributed by atoms with van der Waals surface area (Å²) in [5, 5.41) is 0. The van der Waals surface area contributed by atoms with Crippen LogP contribution in [0.3, 0.4) is 0 Å². The van der Waals surface area contributed by atoms with Crippen LogP contribution in [0.25, 0.3) is 0 Å². The Morgan fingerprint density at radius 3 is 2.72 bits per heavy atom. The molecule has 4 nitrogen and oxygen atoms in total. The number of likely N-dealkylation sites (tertiary alicyclic amines) is 1. The summed E-state index contributed by atoms with van der Waals surface area (Å²) in [6.07, 6.45) is -4.08. The van der Waals surface area contributed by atoms with Crippen LogP contribution in [-0.4, -0.2) is 35.0 Å². The van der Waals surface area contributed by atoms with E-state index in [-0.39, 0.29) is 11.7 Å². The number of halogens is 3. The Bertz CT molecular complexity index is 777. The third-order valence-corrected chi connectivity index (χ3v) is 4.02. The van der Waals surface area contributed by atoms with Gasteiger partial charge in [0.15, 0.2) is 0 Å². The predicted octanol–water partition coefficient (Wildman–Crippen LogP) is 3.70. The van der Waals surface area contributed by atoms with Gasteiger partial charge in [-0.3, -0.25) is 4.79 Å². The molecule has 1 atom stereocenters. The molecule has 1 unspecified atom stereocenters. The summed E-state index contributed by atoms with van der Waals surface area (Å²) in [6, 6.07) is 9.91. The number of ether oxygens (including phenoxy) is 1. The lowest BCUT2D eigenvalue weighted by molar-refractivity contribution is -0.137. The first kappa shape index (κ1) is 17.3. The van der Waals surface area contributed by atoms with Gasteiger partial charge in [-0.15, -0.1) is 0 Å². The molecule has 0 spiro atoms. The minimum atomic E-state index is -4.47. The maximum absolute atomic E-state index is 12.8. The summed E-state index contributed by atoms with van der Waals surface area (Å²) < 4.78 is 44.1. The molecule has 1 saturated heterocycles. The number of carbonyl (C=O) groups excluding carboxylic acids is 1. The van der Waals surface area contributed by atoms with Crippen molar-refractivity contribution in [2.45, 2.75) is 25.6 Å². The maximum Gasteiger partial charge on any atom is 0.416 e. The zero-order valence-electron chi connectivity index (χ0n) is 13.6. The molecule has 1 aliphatic heterocycles. The van der Waals surface area contributed by atoms with Gasteiger partial charge in [-0.2, -0.15) is 13.2 Å². The Morgan fingerprint density at radius 1 is 1.24 bits per heavy atom. The number of hydrogen-bond acceptors (Lipinski definition) is 3. The minimum absolute atomic E-state index is 0.0316. The molecule has 0 bridgehead atoms. The van der Waals surface area contributed by atoms with E-state index in [0.717, 1.165) is 17.8 Å². The van der Waals surface area contributed by atoms with Gasteiger partial charge < -0.3 is 9.64 Å². The molecule has 1 aliphatic rings. The lowest BCUT2D eigenvalue weighted by atomic mass is 10.1. The van der Waals surface area contributed by atoms with E-state index in [9.17, 15) is 18.0 Å². The first-order valence-electron chi connectivity index (χ1n) is 7.90. The normalized spacial score (nSPS) is 17.6. The molecule has 0 saturated carbocycles. The van der Waals surface area contributed by atoms with Crippen LogP contribution in [0.5, 0.6) is 5.88 Å². The van der Waals surface area contributed by atoms with Crippen LogP contribution in [0.1, 0.15) is 28.0 Å². The standard InChI is InChI=1S/C18H17F3N2O2/c1-12-4-2-7-16(22-12)25-15-8-9-23(11-15)17(24)13-5-3-6-14(10-13)18(19,20)21/h2-7,10,15H,8-9,11H2,1H3. The summed E-state index contributed by atoms with van der Waals surface area (Å²) in [5.74, 6) is 0.0627. The van der Waals surface area contributed by atoms with Crippen molar-refractivity contribution in [3.63, 3.8) is 0 Å². The van der Waals surface area contributed by atoms with Gasteiger partial charge in [0.05, 0.1) is 12.1 Å². The Hall–Kier alpha value is -2.57. The van der Waals surface area contributed by atoms with Crippen LogP contribution >= 0.6 is 0 Å². The van der Waals surface area contributed by atoms with Crippen molar-refractivity contribution in [3.8, 4) is 5.88 Å². The quantitative estimate of drug-likeness (QED) is 0.848. The number of hydrogen-bond donors (Lipinski definition) is 0. The van der Waals surface area contributed by atoms with Gasteiger partial charge in [-0.25, -0.2) is 4.98 Å². The lowest BCUT2D eigenvalue weighted by Crippen LogP contribution is -2.31. The molecule has 0 radical (unpaired) electrons. The molecule has 1 aromatic carbocycles. The van der Waals surface area contributed by atoms with Gasteiger partial charge in [-0.05, 0) is 31.2 Å². The van der Waals surface area contributed by atoms with Crippen molar-refractivity contribution in [2.24, 2.45) is 0 Å². The van der Waals surface area contributed by atoms with Crippen LogP contribution in [0.15, 0.2) is 42.5 Å². The number of alkyl halides is 3. The molecule has 2 heterocycles. The second-order valence-electron chi connectivity index (χ2n) is 5.98. The van der Waals surface area contributed by atoms with Gasteiger partial charge >= 0.3 is 6.18 Å². The van der Waals surface area contributed by atoms with E-state index in [1.807, 2.05) is 19.1 Å². The van der Waals surface area contributed by atoms with Crippen molar-refractivity contribution >= 4 is 5.91 Å². The summed E-state index contributed by atoms with van der Waals surface area (Å²) in [4.78, 5) is 18.2. The first-order chi connectivity index (χ1) is 11.8. The maximum atomic E-state index is 12.8. The fourth-order valence-corrected chi connectivity index (χ4v) is 2.77. The minimum Gasteiger partial charge on any atom is -0.472 e. The van der Waals surface area contributed by atoms with Crippen molar-refractivity contribution in [1.29, 1.82) is 0 Å². The van der Waals surface area contributed by atoms with Crippen LogP contribution < -0.4 is 4.74 Å². The molecular formula is C18H17F3N2O2. The van der Waals surface area contributed by atoms with Crippen LogP contribution in [0.2, 0.25) is 0 Å². The molecule has 3 rings (SSSR count). The fraction of sp³-hybridized carbons (Fsp3) is 0.333. The Kier molecular flexibility index (Phi) is 4.65. The number of aryl methyl sites for hydroxylation is 1. The highest BCUT2D eigenvalue weighted by molar-refractivity contribution is 5.94. The predicted molar refractivity (Wildman–Crippen MR) is 85.4 cm³/mol. The van der Waals surface area contributed by atoms with E-state index >= 15 is 0 Å². The van der Waals surface area contributed by atoms with Crippen molar-refractivity contribution in [2.75, 3.05) is 13.1 Å². The highest BCUT2D eigenvalue weighted by Crippen LogP contribution is 2.30. The third kappa shape index (κ3) is 4.10. The Labute approximate surface area is 143 Å². The largest absolute Gasteiger partial charge is 0.472 e. The molecule has 1 aromatic heterocycles. The molecule has 132 valence electrons. The van der Waals surface area contributed by atoms with Crippen molar-refractivity contribution in [3.05, 3.63) is 59.3 Å². The Balaban J connectivity index is 1.66. The second-order valence-corrected chi connectivity index (χ2v) is 5.98. The number of amides is 1. The van der Waals surface area contributed by atoms with E-state index in [1.165, 1.54) is 17.0 Å². The van der Waals surface area contributed by atoms with Gasteiger partial charge in [-0.1, -0.05) is 12.1 Å². The summed E-state index contributed by atoms with van der Waals surface area (Å²) in [7, 11) is 0. The molecule has 2 aromatic rings. The molecule has 25 heavy (non-hydrogen) atoms. The molecule has 7 heteroatoms. The number of aromatic nitrogens is 1. The smallest absolute Gasteiger partial charge is 0.416 e. The van der Waals surface area contributed by atoms with Crippen molar-refractivity contribution in [1.82, 2.24) is 9.88 Å². The van der Waals surface area contributed by atoms with Gasteiger partial charge in [0.25, 0.3) is 5.91 Å². The first-order valence-corrected chi connectivity index (χ1v) is 7.90. The zero-order valence-corrected chi connectivity index (χ0v) is 13.6. The lowest BCUT2D eigenvalue weighted by Gasteiger charge is -2.18. The summed E-state index contributed by atoms with van der Waals surface area (Å²) in [6.45, 7) is 2.61. The highest BCUT2D eigenvalue weighted by atomic mass is 19.4. The third-order valence-electron chi connectivity index (χ3n) is 4.02. The monoisotopic (exact) mass is 350 g/mol. The summed E-state index contributed by atoms with van der Waals surface area (Å²) in [5.41, 5.74) is 0.0332. The molecule has 0 N–H and O–H groups in total. The number of carbonyl (C=O) groups is 1. The van der Waals surface area contributed by atoms with E-state index < -0.39 is 17.6 Å². The highest BCUT2D eigenvalue weighted by Gasteiger charge is 2.33. The van der Waals surface area contributed by atoms with Crippen LogP contribution in [-0.2, 0) is 6.18 Å². The molecule has 1 amide bonds. The van der Waals surface area contributed by atoms with Crippen molar-refractivity contribution < 1.29 is 22.7 Å². The van der Waals surface area contributed by atoms with E-state index in [4.69, 9.17) is 4.74 Å². The number of benzene rings is 1. The Morgan fingerprint density at radius 2 is 2.00 bits per heavy atom. The topological polar surface area (TPSA) is 42.4 Å². The number of nitrogens with zero attached hydrogens (tertiary/aromatic N) is 2. The summed E-state index contributed by atoms with van der Waals surface area (Å²) >= 11 is 0. The fourth-order valence-electron chi connectivity index (χ4n) is 2.77. The second kappa shape index (κ2) is 6.74. The van der Waals surface area contributed by atoms with Crippen LogP contribution in [0, 0.1) is 6.92 Å². The SMILES string of the molecule is Cc1cccc(OC2CCN(C(=O)c3cccc(C(F)(F)F)c3)C2)n1. The van der Waals surface area contributed by atoms with Gasteiger partial charge in [0, 0.05) is 30.3 Å². The van der Waals surface area contributed by atoms with Gasteiger partial charge in [0.2, 0.25) is 5.88 Å². The zero-order chi connectivity index (χ0) is 18.0. The van der Waals surface area contributed by atoms with Gasteiger partial charge in [0.1, 0.15) is 6.10 Å². The molecular weight excluding hydrogens is 333 g/mol. The van der Waals surface area contributed by atoms with Crippen LogP contribution in [0.4, 0.5) is 13.2 Å². The number of pyridine rings is 1. The number of rotatable bonds is 3. The van der Waals surface area contributed by atoms with E-state index in [0.29, 0.717) is 25.4 Å². The van der Waals surface area contributed by atoms with E-state index in [1.54, 1.807) is 6.07 Å². The molecule has 0 aliphatic carbocycles. The molecule has 1 fully saturated rings. The van der Waals surface area contributed by atoms with E-state index in [2.05, 4.69) is 4.98 Å². The average Bonchev–Trinajstić information content (AvgIpc) is 3.02.